The zero-order valence-corrected chi connectivity index (χ0v) is 6.90. The van der Waals surface area contributed by atoms with Crippen LogP contribution in [0, 0.1) is 5.92 Å². The van der Waals surface area contributed by atoms with Gasteiger partial charge in [-0.3, -0.25) is 0 Å². The van der Waals surface area contributed by atoms with Crippen LogP contribution in [0.3, 0.4) is 0 Å². The highest BCUT2D eigenvalue weighted by Gasteiger charge is 2.39. The van der Waals surface area contributed by atoms with E-state index in [1.54, 1.807) is 0 Å². The quantitative estimate of drug-likeness (QED) is 0.478. The van der Waals surface area contributed by atoms with E-state index in [2.05, 4.69) is 6.92 Å². The number of hydrogen-bond donors (Lipinski definition) is 0. The highest BCUT2D eigenvalue weighted by molar-refractivity contribution is 6.21. The Morgan fingerprint density at radius 3 is 2.22 bits per heavy atom. The molecule has 1 fully saturated rings. The Hall–Kier alpha value is 0.250. The van der Waals surface area contributed by atoms with Crippen molar-refractivity contribution in [3.05, 3.63) is 0 Å². The van der Waals surface area contributed by atoms with E-state index in [1.165, 1.54) is 0 Å². The van der Waals surface area contributed by atoms with E-state index in [4.69, 9.17) is 16.3 Å². The zero-order chi connectivity index (χ0) is 7.07. The van der Waals surface area contributed by atoms with Crippen LogP contribution in [0.2, 0.25) is 0 Å². The SMILES string of the molecule is CC1COC(C)(C)C1Cl. The van der Waals surface area contributed by atoms with Crippen molar-refractivity contribution in [1.29, 1.82) is 0 Å². The first-order chi connectivity index (χ1) is 4.04. The van der Waals surface area contributed by atoms with E-state index in [-0.39, 0.29) is 11.0 Å². The molecule has 0 radical (unpaired) electrons. The second-order valence-corrected chi connectivity index (χ2v) is 3.76. The van der Waals surface area contributed by atoms with Crippen LogP contribution in [-0.4, -0.2) is 17.6 Å². The second kappa shape index (κ2) is 2.14. The van der Waals surface area contributed by atoms with Crippen LogP contribution < -0.4 is 0 Å². The maximum absolute atomic E-state index is 6.03. The van der Waals surface area contributed by atoms with Gasteiger partial charge in [0.25, 0.3) is 0 Å². The Bertz CT molecular complexity index is 111. The molecule has 1 aliphatic rings. The lowest BCUT2D eigenvalue weighted by Gasteiger charge is -2.21. The van der Waals surface area contributed by atoms with Gasteiger partial charge in [-0.1, -0.05) is 6.92 Å². The Morgan fingerprint density at radius 1 is 1.56 bits per heavy atom. The highest BCUT2D eigenvalue weighted by Crippen LogP contribution is 2.33. The molecule has 1 aliphatic heterocycles. The lowest BCUT2D eigenvalue weighted by Crippen LogP contribution is -2.29. The Labute approximate surface area is 61.3 Å². The molecule has 0 aliphatic carbocycles. The normalized spacial score (nSPS) is 41.3. The monoisotopic (exact) mass is 148 g/mol. The predicted molar refractivity (Wildman–Crippen MR) is 38.8 cm³/mol. The topological polar surface area (TPSA) is 9.23 Å². The molecule has 0 N–H and O–H groups in total. The van der Waals surface area contributed by atoms with Crippen LogP contribution in [0.25, 0.3) is 0 Å². The van der Waals surface area contributed by atoms with Crippen molar-refractivity contribution in [3.63, 3.8) is 0 Å². The molecule has 0 bridgehead atoms. The summed E-state index contributed by atoms with van der Waals surface area (Å²) in [5.74, 6) is 0.502. The van der Waals surface area contributed by atoms with E-state index in [1.807, 2.05) is 13.8 Å². The Balaban J connectivity index is 2.62. The molecule has 9 heavy (non-hydrogen) atoms. The van der Waals surface area contributed by atoms with Crippen LogP contribution in [0.4, 0.5) is 0 Å². The molecule has 0 aromatic carbocycles. The van der Waals surface area contributed by atoms with Gasteiger partial charge in [0.05, 0.1) is 17.6 Å². The maximum atomic E-state index is 6.03. The van der Waals surface area contributed by atoms with E-state index in [9.17, 15) is 0 Å². The third-order valence-corrected chi connectivity index (χ3v) is 2.84. The van der Waals surface area contributed by atoms with Gasteiger partial charge in [-0.05, 0) is 19.8 Å². The molecule has 1 heterocycles. The summed E-state index contributed by atoms with van der Waals surface area (Å²) in [6.45, 7) is 7.00. The van der Waals surface area contributed by atoms with Crippen LogP contribution >= 0.6 is 11.6 Å². The zero-order valence-electron chi connectivity index (χ0n) is 6.15. The molecule has 54 valence electrons. The van der Waals surface area contributed by atoms with Crippen molar-refractivity contribution < 1.29 is 4.74 Å². The van der Waals surface area contributed by atoms with E-state index >= 15 is 0 Å². The van der Waals surface area contributed by atoms with Gasteiger partial charge in [0, 0.05) is 0 Å². The fraction of sp³-hybridized carbons (Fsp3) is 1.00. The van der Waals surface area contributed by atoms with Crippen molar-refractivity contribution in [1.82, 2.24) is 0 Å². The fourth-order valence-electron chi connectivity index (χ4n) is 1.20. The smallest absolute Gasteiger partial charge is 0.0792 e. The van der Waals surface area contributed by atoms with Gasteiger partial charge >= 0.3 is 0 Å². The largest absolute Gasteiger partial charge is 0.374 e. The third kappa shape index (κ3) is 1.22. The van der Waals surface area contributed by atoms with Gasteiger partial charge in [0.1, 0.15) is 0 Å². The molecule has 0 amide bonds. The fourth-order valence-corrected chi connectivity index (χ4v) is 1.33. The molecule has 0 spiro atoms. The molecule has 0 saturated carbocycles. The summed E-state index contributed by atoms with van der Waals surface area (Å²) in [5, 5.41) is 0.178. The summed E-state index contributed by atoms with van der Waals surface area (Å²) >= 11 is 6.03. The maximum Gasteiger partial charge on any atom is 0.0792 e. The summed E-state index contributed by atoms with van der Waals surface area (Å²) in [6, 6.07) is 0. The van der Waals surface area contributed by atoms with Crippen molar-refractivity contribution >= 4 is 11.6 Å². The van der Waals surface area contributed by atoms with Gasteiger partial charge in [-0.15, -0.1) is 11.6 Å². The number of rotatable bonds is 0. The van der Waals surface area contributed by atoms with Crippen LogP contribution in [0.1, 0.15) is 20.8 Å². The Kier molecular flexibility index (Phi) is 1.75. The average Bonchev–Trinajstić information content (AvgIpc) is 1.97. The minimum Gasteiger partial charge on any atom is -0.374 e. The van der Waals surface area contributed by atoms with E-state index in [0.717, 1.165) is 6.61 Å². The third-order valence-electron chi connectivity index (χ3n) is 1.88. The molecule has 2 unspecified atom stereocenters. The molecule has 0 aromatic heterocycles. The molecule has 1 rings (SSSR count). The van der Waals surface area contributed by atoms with Gasteiger partial charge in [-0.2, -0.15) is 0 Å². The average molecular weight is 149 g/mol. The van der Waals surface area contributed by atoms with Gasteiger partial charge in [0.15, 0.2) is 0 Å². The lowest BCUT2D eigenvalue weighted by atomic mass is 9.99. The van der Waals surface area contributed by atoms with E-state index in [0.29, 0.717) is 5.92 Å². The summed E-state index contributed by atoms with van der Waals surface area (Å²) in [4.78, 5) is 0. The highest BCUT2D eigenvalue weighted by atomic mass is 35.5. The van der Waals surface area contributed by atoms with Gasteiger partial charge < -0.3 is 4.74 Å². The summed E-state index contributed by atoms with van der Waals surface area (Å²) in [6.07, 6.45) is 0. The lowest BCUT2D eigenvalue weighted by molar-refractivity contribution is 0.0369. The van der Waals surface area contributed by atoms with Crippen LogP contribution in [0.15, 0.2) is 0 Å². The first-order valence-corrected chi connectivity index (χ1v) is 3.76. The molecule has 2 atom stereocenters. The van der Waals surface area contributed by atoms with Gasteiger partial charge in [0.2, 0.25) is 0 Å². The number of hydrogen-bond acceptors (Lipinski definition) is 1. The number of halogens is 1. The molecule has 1 saturated heterocycles. The van der Waals surface area contributed by atoms with Crippen molar-refractivity contribution in [2.24, 2.45) is 5.92 Å². The predicted octanol–water partition coefficient (Wildman–Crippen LogP) is 2.04. The Morgan fingerprint density at radius 2 is 2.11 bits per heavy atom. The summed E-state index contributed by atoms with van der Waals surface area (Å²) < 4.78 is 5.43. The molecular weight excluding hydrogens is 136 g/mol. The summed E-state index contributed by atoms with van der Waals surface area (Å²) in [7, 11) is 0. The number of ether oxygens (including phenoxy) is 1. The van der Waals surface area contributed by atoms with Crippen molar-refractivity contribution in [3.8, 4) is 0 Å². The standard InChI is InChI=1S/C7H13ClO/c1-5-4-9-7(2,3)6(5)8/h5-6H,4H2,1-3H3. The first kappa shape index (κ1) is 7.36. The number of alkyl halides is 1. The van der Waals surface area contributed by atoms with E-state index < -0.39 is 0 Å². The van der Waals surface area contributed by atoms with Gasteiger partial charge in [-0.25, -0.2) is 0 Å². The van der Waals surface area contributed by atoms with Crippen molar-refractivity contribution in [2.75, 3.05) is 6.61 Å². The molecular formula is C7H13ClO. The molecule has 2 heteroatoms. The minimum atomic E-state index is -0.110. The minimum absolute atomic E-state index is 0.110. The summed E-state index contributed by atoms with van der Waals surface area (Å²) in [5.41, 5.74) is -0.110. The second-order valence-electron chi connectivity index (χ2n) is 3.29. The molecule has 1 nitrogen and oxygen atoms in total. The van der Waals surface area contributed by atoms with Crippen LogP contribution in [-0.2, 0) is 4.74 Å². The first-order valence-electron chi connectivity index (χ1n) is 3.32. The van der Waals surface area contributed by atoms with Crippen LogP contribution in [0.5, 0.6) is 0 Å². The molecule has 0 aromatic rings. The van der Waals surface area contributed by atoms with Crippen molar-refractivity contribution in [2.45, 2.75) is 31.7 Å².